The van der Waals surface area contributed by atoms with Crippen LogP contribution in [-0.2, 0) is 9.53 Å². The quantitative estimate of drug-likeness (QED) is 0.357. The van der Waals surface area contributed by atoms with Gasteiger partial charge < -0.3 is 19.5 Å². The van der Waals surface area contributed by atoms with Crippen LogP contribution in [-0.4, -0.2) is 78.9 Å². The zero-order chi connectivity index (χ0) is 24.1. The fourth-order valence-corrected chi connectivity index (χ4v) is 5.37. The van der Waals surface area contributed by atoms with Crippen molar-refractivity contribution in [2.24, 2.45) is 0 Å². The molecule has 0 radical (unpaired) electrons. The molecule has 1 aliphatic carbocycles. The van der Waals surface area contributed by atoms with Gasteiger partial charge in [0.25, 0.3) is 0 Å². The molecule has 8 nitrogen and oxygen atoms in total. The van der Waals surface area contributed by atoms with E-state index >= 15 is 0 Å². The Balaban J connectivity index is 1.45. The maximum atomic E-state index is 12.0. The number of nitrogens with one attached hydrogen (secondary N) is 1. The van der Waals surface area contributed by atoms with Crippen LogP contribution in [0.15, 0.2) is 35.1 Å². The Bertz CT molecular complexity index is 952. The molecule has 0 bridgehead atoms. The molecule has 184 valence electrons. The molecule has 0 spiro atoms. The summed E-state index contributed by atoms with van der Waals surface area (Å²) in [6, 6.07) is 7.99. The standard InChI is InChI=1S/C25H34BrN5O3/c1-17-13-21(33)24-23(17)25(29-16-28-24)31-10-8-30(9-11-31)22(27-7-12-34-2)14-19(15-32)18-3-5-20(26)6-4-18/h3-6,15-17,19,21-22,27,33H,7-14H2,1-2H3/t17-,19?,21-,22?/m1/s1. The number of aliphatic hydroxyl groups excluding tert-OH is 1. The SMILES string of the molecule is COCCNC(CC(C=O)c1ccc(Br)cc1)N1CCN(c2ncnc3c2[C@H](C)C[C@H]3O)CC1. The number of ether oxygens (including phenoxy) is 1. The van der Waals surface area contributed by atoms with E-state index in [4.69, 9.17) is 4.74 Å². The number of aromatic nitrogens is 2. The lowest BCUT2D eigenvalue weighted by Gasteiger charge is -2.41. The first-order valence-electron chi connectivity index (χ1n) is 12.0. The Morgan fingerprint density at radius 1 is 1.24 bits per heavy atom. The van der Waals surface area contributed by atoms with Crippen molar-refractivity contribution in [1.82, 2.24) is 20.2 Å². The highest BCUT2D eigenvalue weighted by molar-refractivity contribution is 9.10. The molecular weight excluding hydrogens is 498 g/mol. The van der Waals surface area contributed by atoms with Crippen molar-refractivity contribution in [3.63, 3.8) is 0 Å². The van der Waals surface area contributed by atoms with Crippen molar-refractivity contribution in [3.05, 3.63) is 51.9 Å². The summed E-state index contributed by atoms with van der Waals surface area (Å²) in [5, 5.41) is 13.9. The number of rotatable bonds is 10. The number of carbonyl (C=O) groups excluding carboxylic acids is 1. The Labute approximate surface area is 209 Å². The van der Waals surface area contributed by atoms with E-state index in [2.05, 4.69) is 47.9 Å². The van der Waals surface area contributed by atoms with Gasteiger partial charge in [-0.05, 0) is 36.5 Å². The van der Waals surface area contributed by atoms with Gasteiger partial charge in [-0.2, -0.15) is 0 Å². The summed E-state index contributed by atoms with van der Waals surface area (Å²) in [5.41, 5.74) is 2.90. The first kappa shape index (κ1) is 25.2. The number of fused-ring (bicyclic) bond motifs is 1. The van der Waals surface area contributed by atoms with E-state index in [1.807, 2.05) is 24.3 Å². The van der Waals surface area contributed by atoms with Gasteiger partial charge in [0.15, 0.2) is 0 Å². The van der Waals surface area contributed by atoms with Crippen LogP contribution in [0.5, 0.6) is 0 Å². The average Bonchev–Trinajstić information content (AvgIpc) is 3.16. The van der Waals surface area contributed by atoms with Gasteiger partial charge in [0, 0.05) is 55.8 Å². The molecule has 1 saturated heterocycles. The monoisotopic (exact) mass is 531 g/mol. The van der Waals surface area contributed by atoms with Crippen molar-refractivity contribution in [2.45, 2.75) is 43.9 Å². The second-order valence-corrected chi connectivity index (χ2v) is 10.1. The molecular formula is C25H34BrN5O3. The minimum atomic E-state index is -0.499. The van der Waals surface area contributed by atoms with E-state index in [-0.39, 0.29) is 18.0 Å². The zero-order valence-electron chi connectivity index (χ0n) is 19.9. The predicted octanol–water partition coefficient (Wildman–Crippen LogP) is 2.84. The number of carbonyl (C=O) groups is 1. The van der Waals surface area contributed by atoms with E-state index < -0.39 is 6.10 Å². The number of piperazine rings is 1. The normalized spacial score (nSPS) is 22.4. The lowest BCUT2D eigenvalue weighted by atomic mass is 9.95. The highest BCUT2D eigenvalue weighted by Crippen LogP contribution is 2.42. The molecule has 34 heavy (non-hydrogen) atoms. The van der Waals surface area contributed by atoms with Gasteiger partial charge in [-0.3, -0.25) is 10.2 Å². The van der Waals surface area contributed by atoms with Gasteiger partial charge in [-0.15, -0.1) is 0 Å². The Hall–Kier alpha value is -1.91. The van der Waals surface area contributed by atoms with Crippen molar-refractivity contribution in [2.75, 3.05) is 51.3 Å². The number of halogens is 1. The second-order valence-electron chi connectivity index (χ2n) is 9.16. The van der Waals surface area contributed by atoms with Crippen molar-refractivity contribution < 1.29 is 14.6 Å². The Kier molecular flexibility index (Phi) is 8.65. The van der Waals surface area contributed by atoms with Crippen LogP contribution >= 0.6 is 15.9 Å². The number of hydrogen-bond donors (Lipinski definition) is 2. The number of benzene rings is 1. The van der Waals surface area contributed by atoms with E-state index in [1.54, 1.807) is 13.4 Å². The van der Waals surface area contributed by atoms with Gasteiger partial charge in [-0.1, -0.05) is 35.0 Å². The number of aldehydes is 1. The number of hydrogen-bond acceptors (Lipinski definition) is 8. The third kappa shape index (κ3) is 5.66. The van der Waals surface area contributed by atoms with E-state index in [1.165, 1.54) is 0 Å². The third-order valence-corrected chi connectivity index (χ3v) is 7.49. The summed E-state index contributed by atoms with van der Waals surface area (Å²) in [7, 11) is 1.70. The van der Waals surface area contributed by atoms with Crippen molar-refractivity contribution in [3.8, 4) is 0 Å². The van der Waals surface area contributed by atoms with Crippen LogP contribution in [0, 0.1) is 0 Å². The third-order valence-electron chi connectivity index (χ3n) is 6.96. The molecule has 2 aliphatic rings. The second kappa shape index (κ2) is 11.7. The fraction of sp³-hybridized carbons (Fsp3) is 0.560. The molecule has 1 aromatic carbocycles. The summed E-state index contributed by atoms with van der Waals surface area (Å²) >= 11 is 3.47. The minimum absolute atomic E-state index is 0.0630. The molecule has 1 aliphatic heterocycles. The first-order chi connectivity index (χ1) is 16.5. The molecule has 1 aromatic heterocycles. The smallest absolute Gasteiger partial charge is 0.135 e. The van der Waals surface area contributed by atoms with Crippen molar-refractivity contribution >= 4 is 28.0 Å². The van der Waals surface area contributed by atoms with Gasteiger partial charge in [0.2, 0.25) is 0 Å². The minimum Gasteiger partial charge on any atom is -0.387 e. The van der Waals surface area contributed by atoms with E-state index in [0.717, 1.165) is 66.1 Å². The zero-order valence-corrected chi connectivity index (χ0v) is 21.4. The van der Waals surface area contributed by atoms with Gasteiger partial charge in [0.1, 0.15) is 18.4 Å². The lowest BCUT2D eigenvalue weighted by Crippen LogP contribution is -2.56. The van der Waals surface area contributed by atoms with Crippen LogP contribution < -0.4 is 10.2 Å². The van der Waals surface area contributed by atoms with Gasteiger partial charge in [-0.25, -0.2) is 9.97 Å². The Morgan fingerprint density at radius 3 is 2.65 bits per heavy atom. The Morgan fingerprint density at radius 2 is 1.97 bits per heavy atom. The molecule has 1 fully saturated rings. The van der Waals surface area contributed by atoms with E-state index in [0.29, 0.717) is 19.4 Å². The number of nitrogens with zero attached hydrogens (tertiary/aromatic N) is 4. The topological polar surface area (TPSA) is 90.8 Å². The fourth-order valence-electron chi connectivity index (χ4n) is 5.11. The summed E-state index contributed by atoms with van der Waals surface area (Å²) in [6.45, 7) is 6.85. The van der Waals surface area contributed by atoms with Crippen LogP contribution in [0.3, 0.4) is 0 Å². The lowest BCUT2D eigenvalue weighted by molar-refractivity contribution is -0.109. The van der Waals surface area contributed by atoms with Crippen LogP contribution in [0.4, 0.5) is 5.82 Å². The summed E-state index contributed by atoms with van der Waals surface area (Å²) in [5.74, 6) is 1.03. The summed E-state index contributed by atoms with van der Waals surface area (Å²) in [4.78, 5) is 25.7. The maximum absolute atomic E-state index is 12.0. The van der Waals surface area contributed by atoms with Crippen molar-refractivity contribution in [1.29, 1.82) is 0 Å². The van der Waals surface area contributed by atoms with Crippen LogP contribution in [0.2, 0.25) is 0 Å². The molecule has 0 saturated carbocycles. The molecule has 2 aromatic rings. The molecule has 0 amide bonds. The van der Waals surface area contributed by atoms with Crippen LogP contribution in [0.25, 0.3) is 0 Å². The maximum Gasteiger partial charge on any atom is 0.135 e. The largest absolute Gasteiger partial charge is 0.387 e. The highest BCUT2D eigenvalue weighted by atomic mass is 79.9. The number of anilines is 1. The average molecular weight is 532 g/mol. The number of methoxy groups -OCH3 is 1. The van der Waals surface area contributed by atoms with E-state index in [9.17, 15) is 9.90 Å². The molecule has 2 N–H and O–H groups in total. The van der Waals surface area contributed by atoms with Gasteiger partial charge >= 0.3 is 0 Å². The highest BCUT2D eigenvalue weighted by Gasteiger charge is 2.34. The first-order valence-corrected chi connectivity index (χ1v) is 12.8. The van der Waals surface area contributed by atoms with Crippen LogP contribution in [0.1, 0.15) is 54.5 Å². The molecule has 2 unspecified atom stereocenters. The molecule has 9 heteroatoms. The van der Waals surface area contributed by atoms with Gasteiger partial charge in [0.05, 0.1) is 24.6 Å². The summed E-state index contributed by atoms with van der Waals surface area (Å²) in [6.07, 6.45) is 3.59. The number of aliphatic hydroxyl groups is 1. The summed E-state index contributed by atoms with van der Waals surface area (Å²) < 4.78 is 6.25. The molecule has 4 atom stereocenters. The molecule has 2 heterocycles. The molecule has 4 rings (SSSR count). The predicted molar refractivity (Wildman–Crippen MR) is 135 cm³/mol.